The van der Waals surface area contributed by atoms with Crippen molar-refractivity contribution < 1.29 is 19.8 Å². The average molecular weight is 173 g/mol. The van der Waals surface area contributed by atoms with Gasteiger partial charge >= 0.3 is 5.97 Å². The molecule has 5 heteroatoms. The molecule has 0 aliphatic rings. The van der Waals surface area contributed by atoms with Gasteiger partial charge in [0, 0.05) is 6.08 Å². The third-order valence-electron chi connectivity index (χ3n) is 0.933. The molecule has 0 rings (SSSR count). The minimum Gasteiger partial charge on any atom is -0.478 e. The minimum atomic E-state index is -1.84. The maximum atomic E-state index is 10.8. The van der Waals surface area contributed by atoms with Gasteiger partial charge in [0.2, 0.25) is 12.1 Å². The Balaban J connectivity index is 4.02. The molecule has 12 heavy (non-hydrogen) atoms. The van der Waals surface area contributed by atoms with Gasteiger partial charge in [-0.2, -0.15) is 0 Å². The smallest absolute Gasteiger partial charge is 0.353 e. The fourth-order valence-electron chi connectivity index (χ4n) is 0.500. The van der Waals surface area contributed by atoms with Crippen molar-refractivity contribution in [1.82, 2.24) is 5.32 Å². The lowest BCUT2D eigenvalue weighted by Crippen LogP contribution is -2.39. The lowest BCUT2D eigenvalue weighted by atomic mass is 10.3. The minimum absolute atomic E-state index is 0.620. The lowest BCUT2D eigenvalue weighted by Gasteiger charge is -2.05. The van der Waals surface area contributed by atoms with Gasteiger partial charge in [0.15, 0.2) is 0 Å². The number of nitrogens with one attached hydrogen (secondary N) is 1. The van der Waals surface area contributed by atoms with Crippen LogP contribution in [0.15, 0.2) is 11.6 Å². The first-order valence-corrected chi connectivity index (χ1v) is 3.29. The van der Waals surface area contributed by atoms with E-state index in [1.165, 1.54) is 6.08 Å². The van der Waals surface area contributed by atoms with Gasteiger partial charge in [-0.05, 0) is 13.8 Å². The quantitative estimate of drug-likeness (QED) is 0.395. The van der Waals surface area contributed by atoms with Gasteiger partial charge in [-0.1, -0.05) is 5.57 Å². The molecule has 1 amide bonds. The Kier molecular flexibility index (Phi) is 3.99. The molecule has 0 aromatic carbocycles. The Bertz CT molecular complexity index is 217. The van der Waals surface area contributed by atoms with Crippen LogP contribution in [0.25, 0.3) is 0 Å². The molecule has 0 saturated heterocycles. The number of allylic oxidation sites excluding steroid dienone is 1. The van der Waals surface area contributed by atoms with Crippen molar-refractivity contribution >= 4 is 11.9 Å². The van der Waals surface area contributed by atoms with E-state index in [9.17, 15) is 9.59 Å². The summed E-state index contributed by atoms with van der Waals surface area (Å²) in [4.78, 5) is 20.8. The maximum absolute atomic E-state index is 10.8. The number of rotatable bonds is 3. The van der Waals surface area contributed by atoms with E-state index in [1.807, 2.05) is 5.32 Å². The van der Waals surface area contributed by atoms with E-state index in [-0.39, 0.29) is 0 Å². The molecule has 0 aliphatic carbocycles. The molecule has 3 N–H and O–H groups in total. The van der Waals surface area contributed by atoms with Crippen molar-refractivity contribution in [2.75, 3.05) is 0 Å². The van der Waals surface area contributed by atoms with Gasteiger partial charge in [0.25, 0.3) is 0 Å². The zero-order chi connectivity index (χ0) is 9.72. The van der Waals surface area contributed by atoms with Crippen LogP contribution < -0.4 is 5.32 Å². The summed E-state index contributed by atoms with van der Waals surface area (Å²) in [5, 5.41) is 18.7. The summed E-state index contributed by atoms with van der Waals surface area (Å²) in [7, 11) is 0. The van der Waals surface area contributed by atoms with Crippen LogP contribution in [0, 0.1) is 0 Å². The number of carboxylic acids is 1. The molecular weight excluding hydrogens is 162 g/mol. The highest BCUT2D eigenvalue weighted by atomic mass is 16.4. The van der Waals surface area contributed by atoms with E-state index >= 15 is 0 Å². The molecule has 0 saturated carbocycles. The summed E-state index contributed by atoms with van der Waals surface area (Å²) in [5.74, 6) is -2.10. The lowest BCUT2D eigenvalue weighted by molar-refractivity contribution is -0.150. The summed E-state index contributed by atoms with van der Waals surface area (Å²) in [6.07, 6.45) is -0.639. The molecule has 0 aromatic heterocycles. The summed E-state index contributed by atoms with van der Waals surface area (Å²) in [6.45, 7) is 3.37. The fraction of sp³-hybridized carbons (Fsp3) is 0.429. The fourth-order valence-corrected chi connectivity index (χ4v) is 0.500. The van der Waals surface area contributed by atoms with Crippen LogP contribution in [-0.2, 0) is 9.59 Å². The van der Waals surface area contributed by atoms with Crippen molar-refractivity contribution in [3.05, 3.63) is 11.6 Å². The Morgan fingerprint density at radius 3 is 2.25 bits per heavy atom. The van der Waals surface area contributed by atoms with Gasteiger partial charge in [0.05, 0.1) is 0 Å². The largest absolute Gasteiger partial charge is 0.478 e. The normalized spacial score (nSPS) is 11.6. The number of carbonyl (C=O) groups excluding carboxylic acids is 1. The predicted octanol–water partition coefficient (Wildman–Crippen LogP) is -0.528. The molecule has 0 aromatic rings. The third-order valence-corrected chi connectivity index (χ3v) is 0.933. The summed E-state index contributed by atoms with van der Waals surface area (Å²) >= 11 is 0. The SMILES string of the molecule is CC(C)=CC(=O)NC(O)C(=O)O. The number of carboxylic acid groups (broad SMARTS) is 1. The van der Waals surface area contributed by atoms with Gasteiger partial charge in [-0.15, -0.1) is 0 Å². The first-order chi connectivity index (χ1) is 5.43. The first kappa shape index (κ1) is 10.6. The third kappa shape index (κ3) is 4.45. The van der Waals surface area contributed by atoms with Gasteiger partial charge < -0.3 is 15.5 Å². The molecule has 68 valence electrons. The van der Waals surface area contributed by atoms with Crippen LogP contribution in [0.1, 0.15) is 13.8 Å². The van der Waals surface area contributed by atoms with E-state index in [1.54, 1.807) is 13.8 Å². The van der Waals surface area contributed by atoms with Crippen LogP contribution in [-0.4, -0.2) is 28.3 Å². The highest BCUT2D eigenvalue weighted by Gasteiger charge is 2.13. The van der Waals surface area contributed by atoms with Crippen LogP contribution in [0.4, 0.5) is 0 Å². The van der Waals surface area contributed by atoms with Crippen molar-refractivity contribution in [3.8, 4) is 0 Å². The van der Waals surface area contributed by atoms with Crippen LogP contribution >= 0.6 is 0 Å². The first-order valence-electron chi connectivity index (χ1n) is 3.29. The molecule has 0 radical (unpaired) electrons. The van der Waals surface area contributed by atoms with Crippen molar-refractivity contribution in [2.45, 2.75) is 20.1 Å². The number of aliphatic carboxylic acids is 1. The Morgan fingerprint density at radius 2 is 1.92 bits per heavy atom. The summed E-state index contributed by atoms with van der Waals surface area (Å²) < 4.78 is 0. The Labute approximate surface area is 69.7 Å². The molecule has 0 bridgehead atoms. The highest BCUT2D eigenvalue weighted by Crippen LogP contribution is 1.88. The molecule has 0 heterocycles. The topological polar surface area (TPSA) is 86.6 Å². The molecular formula is C7H11NO4. The molecule has 0 aliphatic heterocycles. The van der Waals surface area contributed by atoms with Crippen molar-refractivity contribution in [1.29, 1.82) is 0 Å². The monoisotopic (exact) mass is 173 g/mol. The second-order valence-electron chi connectivity index (χ2n) is 2.47. The van der Waals surface area contributed by atoms with E-state index < -0.39 is 18.1 Å². The van der Waals surface area contributed by atoms with E-state index in [0.29, 0.717) is 0 Å². The van der Waals surface area contributed by atoms with E-state index in [2.05, 4.69) is 0 Å². The molecule has 1 unspecified atom stereocenters. The van der Waals surface area contributed by atoms with E-state index in [0.717, 1.165) is 5.57 Å². The zero-order valence-electron chi connectivity index (χ0n) is 6.87. The van der Waals surface area contributed by atoms with Gasteiger partial charge in [-0.3, -0.25) is 4.79 Å². The average Bonchev–Trinajstić information content (AvgIpc) is 1.84. The van der Waals surface area contributed by atoms with Crippen LogP contribution in [0.2, 0.25) is 0 Å². The maximum Gasteiger partial charge on any atom is 0.353 e. The predicted molar refractivity (Wildman–Crippen MR) is 41.2 cm³/mol. The number of carbonyl (C=O) groups is 2. The standard InChI is InChI=1S/C7H11NO4/c1-4(2)3-5(9)8-6(10)7(11)12/h3,6,10H,1-2H3,(H,8,9)(H,11,12). The Hall–Kier alpha value is -1.36. The highest BCUT2D eigenvalue weighted by molar-refractivity contribution is 5.90. The van der Waals surface area contributed by atoms with Crippen LogP contribution in [0.3, 0.4) is 0 Å². The van der Waals surface area contributed by atoms with Gasteiger partial charge in [0.1, 0.15) is 0 Å². The summed E-state index contributed by atoms with van der Waals surface area (Å²) in [6, 6.07) is 0. The number of aliphatic hydroxyl groups excluding tert-OH is 1. The zero-order valence-corrected chi connectivity index (χ0v) is 6.87. The van der Waals surface area contributed by atoms with Gasteiger partial charge in [-0.25, -0.2) is 4.79 Å². The molecule has 0 fully saturated rings. The van der Waals surface area contributed by atoms with E-state index in [4.69, 9.17) is 10.2 Å². The summed E-state index contributed by atoms with van der Waals surface area (Å²) in [5.41, 5.74) is 0.727. The number of amides is 1. The number of aliphatic hydroxyl groups is 1. The van der Waals surface area contributed by atoms with Crippen molar-refractivity contribution in [3.63, 3.8) is 0 Å². The molecule has 1 atom stereocenters. The van der Waals surface area contributed by atoms with Crippen LogP contribution in [0.5, 0.6) is 0 Å². The second-order valence-corrected chi connectivity index (χ2v) is 2.47. The van der Waals surface area contributed by atoms with Crippen molar-refractivity contribution in [2.24, 2.45) is 0 Å². The number of hydrogen-bond donors (Lipinski definition) is 3. The molecule has 5 nitrogen and oxygen atoms in total. The molecule has 0 spiro atoms. The Morgan fingerprint density at radius 1 is 1.42 bits per heavy atom. The second kappa shape index (κ2) is 4.50. The number of hydrogen-bond acceptors (Lipinski definition) is 3.